The molecular formula is C4H8SSn2. The summed E-state index contributed by atoms with van der Waals surface area (Å²) >= 11 is 3.54. The quantitative estimate of drug-likeness (QED) is 0.472. The van der Waals surface area contributed by atoms with Crippen LogP contribution in [0.25, 0.3) is 0 Å². The SMILES string of the molecule is [SnH3][c]1ccs[c]1[SnH3]. The van der Waals surface area contributed by atoms with Crippen LogP contribution in [0.2, 0.25) is 0 Å². The van der Waals surface area contributed by atoms with E-state index in [4.69, 9.17) is 0 Å². The van der Waals surface area contributed by atoms with Crippen LogP contribution in [0.1, 0.15) is 0 Å². The Morgan fingerprint density at radius 2 is 2.14 bits per heavy atom. The number of hydrogen-bond acceptors (Lipinski definition) is 1. The van der Waals surface area contributed by atoms with E-state index in [-0.39, 0.29) is 0 Å². The van der Waals surface area contributed by atoms with Gasteiger partial charge in [-0.05, 0) is 0 Å². The van der Waals surface area contributed by atoms with Gasteiger partial charge in [-0.25, -0.2) is 0 Å². The molecule has 1 aromatic heterocycles. The zero-order valence-electron chi connectivity index (χ0n) is 4.56. The Kier molecular flexibility index (Phi) is 2.50. The van der Waals surface area contributed by atoms with Gasteiger partial charge in [0.25, 0.3) is 0 Å². The van der Waals surface area contributed by atoms with Gasteiger partial charge in [0, 0.05) is 0 Å². The van der Waals surface area contributed by atoms with Crippen molar-refractivity contribution in [3.05, 3.63) is 11.4 Å². The van der Waals surface area contributed by atoms with Gasteiger partial charge in [0.2, 0.25) is 0 Å². The van der Waals surface area contributed by atoms with Gasteiger partial charge in [-0.1, -0.05) is 0 Å². The van der Waals surface area contributed by atoms with E-state index >= 15 is 0 Å². The molecule has 0 aliphatic heterocycles. The fourth-order valence-electron chi connectivity index (χ4n) is 0.448. The second-order valence-corrected chi connectivity index (χ2v) is 10.8. The van der Waals surface area contributed by atoms with Crippen molar-refractivity contribution in [3.63, 3.8) is 0 Å². The molecular weight excluding hydrogens is 318 g/mol. The van der Waals surface area contributed by atoms with Crippen molar-refractivity contribution in [1.29, 1.82) is 0 Å². The maximum atomic E-state index is 2.28. The molecule has 0 saturated heterocycles. The first-order valence-corrected chi connectivity index (χ1v) is 8.90. The standard InChI is InChI=1S/C4H2S.2Sn.6H/c1-2-4-5-3-1;;;;;;;;/h1,3H;;;;;;;;. The summed E-state index contributed by atoms with van der Waals surface area (Å²) in [5, 5.41) is 2.22. The van der Waals surface area contributed by atoms with E-state index in [9.17, 15) is 0 Å². The molecule has 38 valence electrons. The van der Waals surface area contributed by atoms with Gasteiger partial charge in [0.05, 0.1) is 0 Å². The molecule has 0 spiro atoms. The molecule has 0 aliphatic carbocycles. The minimum atomic E-state index is 0.789. The average Bonchev–Trinajstić information content (AvgIpc) is 1.91. The number of hydrogen-bond donors (Lipinski definition) is 0. The summed E-state index contributed by atoms with van der Waals surface area (Å²) in [6.07, 6.45) is 0. The van der Waals surface area contributed by atoms with E-state index in [2.05, 4.69) is 11.4 Å². The molecule has 0 radical (unpaired) electrons. The molecule has 0 atom stereocenters. The Morgan fingerprint density at radius 3 is 2.29 bits per heavy atom. The van der Waals surface area contributed by atoms with Gasteiger partial charge in [-0.2, -0.15) is 0 Å². The van der Waals surface area contributed by atoms with Crippen molar-refractivity contribution in [2.24, 2.45) is 0 Å². The molecule has 0 N–H and O–H groups in total. The summed E-state index contributed by atoms with van der Waals surface area (Å²) in [6, 6.07) is 2.28. The first-order chi connectivity index (χ1) is 3.30. The molecule has 0 unspecified atom stereocenters. The predicted molar refractivity (Wildman–Crippen MR) is 43.5 cm³/mol. The van der Waals surface area contributed by atoms with Crippen LogP contribution in [0, 0.1) is 0 Å². The normalized spacial score (nSPS) is 10.3. The monoisotopic (exact) mass is 328 g/mol. The van der Waals surface area contributed by atoms with E-state index in [1.165, 1.54) is 0 Å². The van der Waals surface area contributed by atoms with Crippen LogP contribution in [0.3, 0.4) is 0 Å². The zero-order chi connectivity index (χ0) is 5.28. The van der Waals surface area contributed by atoms with Crippen LogP contribution in [0.4, 0.5) is 0 Å². The maximum absolute atomic E-state index is 2.28. The molecule has 0 amide bonds. The van der Waals surface area contributed by atoms with Crippen molar-refractivity contribution >= 4 is 62.9 Å². The van der Waals surface area contributed by atoms with Crippen molar-refractivity contribution in [2.75, 3.05) is 0 Å². The average molecular weight is 326 g/mol. The van der Waals surface area contributed by atoms with E-state index in [0.717, 1.165) is 45.0 Å². The second kappa shape index (κ2) is 2.73. The van der Waals surface area contributed by atoms with Gasteiger partial charge in [-0.3, -0.25) is 0 Å². The summed E-state index contributed by atoms with van der Waals surface area (Å²) in [5.74, 6) is 0. The van der Waals surface area contributed by atoms with E-state index in [1.54, 1.807) is 6.47 Å². The number of thiophene rings is 1. The first-order valence-electron chi connectivity index (χ1n) is 2.31. The number of rotatable bonds is 0. The topological polar surface area (TPSA) is 0 Å². The molecule has 0 aromatic carbocycles. The summed E-state index contributed by atoms with van der Waals surface area (Å²) in [7, 11) is 0. The third-order valence-corrected chi connectivity index (χ3v) is 18.6. The van der Waals surface area contributed by atoms with Crippen LogP contribution >= 0.6 is 11.3 Å². The molecule has 3 heteroatoms. The Morgan fingerprint density at radius 1 is 1.43 bits per heavy atom. The minimum absolute atomic E-state index is 0.789. The molecule has 0 fully saturated rings. The van der Waals surface area contributed by atoms with Crippen LogP contribution in [0.15, 0.2) is 11.4 Å². The van der Waals surface area contributed by atoms with Crippen LogP contribution < -0.4 is 6.47 Å². The van der Waals surface area contributed by atoms with E-state index in [1.807, 2.05) is 11.3 Å². The Hall–Kier alpha value is 1.30. The van der Waals surface area contributed by atoms with Crippen molar-refractivity contribution in [1.82, 2.24) is 0 Å². The molecule has 1 aromatic rings. The van der Waals surface area contributed by atoms with Crippen molar-refractivity contribution < 1.29 is 0 Å². The molecule has 0 bridgehead atoms. The van der Waals surface area contributed by atoms with Crippen molar-refractivity contribution in [3.8, 4) is 0 Å². The van der Waals surface area contributed by atoms with Gasteiger partial charge in [0.15, 0.2) is 0 Å². The van der Waals surface area contributed by atoms with Gasteiger partial charge in [-0.15, -0.1) is 0 Å². The third kappa shape index (κ3) is 1.60. The predicted octanol–water partition coefficient (Wildman–Crippen LogP) is -2.27. The summed E-state index contributed by atoms with van der Waals surface area (Å²) in [5.41, 5.74) is 0. The van der Waals surface area contributed by atoms with E-state index < -0.39 is 0 Å². The van der Waals surface area contributed by atoms with Crippen LogP contribution in [-0.4, -0.2) is 45.0 Å². The Bertz CT molecular complexity index is 142. The van der Waals surface area contributed by atoms with Gasteiger partial charge in [0.1, 0.15) is 0 Å². The van der Waals surface area contributed by atoms with Gasteiger partial charge < -0.3 is 0 Å². The first kappa shape index (κ1) is 6.42. The zero-order valence-corrected chi connectivity index (χ0v) is 16.8. The van der Waals surface area contributed by atoms with Crippen LogP contribution in [0.5, 0.6) is 0 Å². The van der Waals surface area contributed by atoms with E-state index in [0.29, 0.717) is 0 Å². The van der Waals surface area contributed by atoms with Crippen LogP contribution in [-0.2, 0) is 0 Å². The molecule has 0 saturated carbocycles. The molecule has 1 heterocycles. The second-order valence-electron chi connectivity index (χ2n) is 1.66. The molecule has 7 heavy (non-hydrogen) atoms. The molecule has 0 aliphatic rings. The Balaban J connectivity index is 3.12. The third-order valence-electron chi connectivity index (χ3n) is 1.12. The van der Waals surface area contributed by atoms with Crippen molar-refractivity contribution in [2.45, 2.75) is 0 Å². The molecule has 0 nitrogen and oxygen atoms in total. The summed E-state index contributed by atoms with van der Waals surface area (Å²) < 4.78 is 3.44. The fourth-order valence-corrected chi connectivity index (χ4v) is 4.99. The molecule has 1 rings (SSSR count). The Labute approximate surface area is 73.5 Å². The summed E-state index contributed by atoms with van der Waals surface area (Å²) in [6.45, 7) is 0. The van der Waals surface area contributed by atoms with Gasteiger partial charge >= 0.3 is 74.3 Å². The summed E-state index contributed by atoms with van der Waals surface area (Å²) in [4.78, 5) is 0. The fraction of sp³-hybridized carbons (Fsp3) is 0.